The predicted octanol–water partition coefficient (Wildman–Crippen LogP) is 2.67. The van der Waals surface area contributed by atoms with Crippen molar-refractivity contribution in [1.82, 2.24) is 10.3 Å². The highest BCUT2D eigenvalue weighted by molar-refractivity contribution is 6.40. The number of pyridine rings is 1. The number of allylic oxidation sites excluding steroid dienone is 2. The number of hydrogen-bond acceptors (Lipinski definition) is 4. The number of nitrogens with zero attached hydrogens (tertiary/aromatic N) is 3. The Morgan fingerprint density at radius 3 is 2.62 bits per heavy atom. The van der Waals surface area contributed by atoms with Gasteiger partial charge in [-0.1, -0.05) is 18.2 Å². The summed E-state index contributed by atoms with van der Waals surface area (Å²) in [7, 11) is 1.50. The SMILES string of the molecule is C/C=C\N=C(C)C(=NCc1ccccn1)N/C=C\C.CN. The molecular formula is C16H25N5. The summed E-state index contributed by atoms with van der Waals surface area (Å²) in [5.74, 6) is 0.752. The quantitative estimate of drug-likeness (QED) is 0.645. The molecule has 0 amide bonds. The van der Waals surface area contributed by atoms with Crippen LogP contribution in [0.5, 0.6) is 0 Å². The maximum atomic E-state index is 4.51. The van der Waals surface area contributed by atoms with Gasteiger partial charge in [0.15, 0.2) is 0 Å². The number of aromatic nitrogens is 1. The molecule has 0 spiro atoms. The second-order valence-corrected chi connectivity index (χ2v) is 3.83. The van der Waals surface area contributed by atoms with Gasteiger partial charge in [0, 0.05) is 12.4 Å². The van der Waals surface area contributed by atoms with E-state index in [9.17, 15) is 0 Å². The minimum atomic E-state index is 0.531. The zero-order valence-electron chi connectivity index (χ0n) is 13.2. The molecule has 3 N–H and O–H groups in total. The molecule has 1 aromatic rings. The summed E-state index contributed by atoms with van der Waals surface area (Å²) in [4.78, 5) is 13.1. The highest BCUT2D eigenvalue weighted by atomic mass is 15.0. The lowest BCUT2D eigenvalue weighted by atomic mass is 10.3. The second kappa shape index (κ2) is 12.7. The van der Waals surface area contributed by atoms with Gasteiger partial charge in [-0.05, 0) is 46.2 Å². The minimum Gasteiger partial charge on any atom is -0.346 e. The van der Waals surface area contributed by atoms with E-state index >= 15 is 0 Å². The Labute approximate surface area is 127 Å². The Hall–Kier alpha value is -2.27. The van der Waals surface area contributed by atoms with Gasteiger partial charge >= 0.3 is 0 Å². The van der Waals surface area contributed by atoms with Crippen LogP contribution in [0.1, 0.15) is 26.5 Å². The van der Waals surface area contributed by atoms with E-state index in [1.165, 1.54) is 7.05 Å². The second-order valence-electron chi connectivity index (χ2n) is 3.83. The number of hydrogen-bond donors (Lipinski definition) is 2. The lowest BCUT2D eigenvalue weighted by Gasteiger charge is -2.05. The molecule has 0 saturated heterocycles. The first-order chi connectivity index (χ1) is 10.3. The maximum absolute atomic E-state index is 4.51. The van der Waals surface area contributed by atoms with E-state index in [-0.39, 0.29) is 0 Å². The molecule has 1 heterocycles. The molecule has 21 heavy (non-hydrogen) atoms. The van der Waals surface area contributed by atoms with Gasteiger partial charge in [0.05, 0.1) is 18.0 Å². The van der Waals surface area contributed by atoms with Crippen molar-refractivity contribution < 1.29 is 0 Å². The van der Waals surface area contributed by atoms with Gasteiger partial charge < -0.3 is 11.1 Å². The Kier molecular flexibility index (Phi) is 11.4. The summed E-state index contributed by atoms with van der Waals surface area (Å²) in [5, 5.41) is 3.13. The van der Waals surface area contributed by atoms with E-state index in [4.69, 9.17) is 0 Å². The Morgan fingerprint density at radius 1 is 1.29 bits per heavy atom. The highest BCUT2D eigenvalue weighted by Crippen LogP contribution is 1.97. The summed E-state index contributed by atoms with van der Waals surface area (Å²) in [6.07, 6.45) is 9.16. The van der Waals surface area contributed by atoms with Crippen molar-refractivity contribution in [3.8, 4) is 0 Å². The van der Waals surface area contributed by atoms with Gasteiger partial charge in [0.25, 0.3) is 0 Å². The molecule has 0 atom stereocenters. The molecule has 5 nitrogen and oxygen atoms in total. The number of amidine groups is 1. The molecule has 1 aromatic heterocycles. The van der Waals surface area contributed by atoms with Gasteiger partial charge in [-0.25, -0.2) is 0 Å². The number of nitrogens with one attached hydrogen (secondary N) is 1. The summed E-state index contributed by atoms with van der Waals surface area (Å²) in [6.45, 7) is 6.33. The van der Waals surface area contributed by atoms with E-state index in [0.717, 1.165) is 17.2 Å². The van der Waals surface area contributed by atoms with E-state index in [1.54, 1.807) is 12.4 Å². The summed E-state index contributed by atoms with van der Waals surface area (Å²) < 4.78 is 0. The Bertz CT molecular complexity index is 487. The molecule has 1 rings (SSSR count). The van der Waals surface area contributed by atoms with Gasteiger partial charge in [-0.2, -0.15) is 0 Å². The zero-order valence-corrected chi connectivity index (χ0v) is 13.2. The molecule has 5 heteroatoms. The first kappa shape index (κ1) is 18.7. The van der Waals surface area contributed by atoms with Crippen molar-refractivity contribution in [2.45, 2.75) is 27.3 Å². The molecule has 0 aliphatic heterocycles. The molecule has 0 aliphatic carbocycles. The van der Waals surface area contributed by atoms with Crippen molar-refractivity contribution >= 4 is 11.5 Å². The molecule has 0 saturated carbocycles. The smallest absolute Gasteiger partial charge is 0.147 e. The van der Waals surface area contributed by atoms with Crippen LogP contribution in [0.25, 0.3) is 0 Å². The monoisotopic (exact) mass is 287 g/mol. The lowest BCUT2D eigenvalue weighted by molar-refractivity contribution is 0.980. The summed E-state index contributed by atoms with van der Waals surface area (Å²) in [6, 6.07) is 5.80. The van der Waals surface area contributed by atoms with Crippen molar-refractivity contribution in [3.05, 3.63) is 54.6 Å². The van der Waals surface area contributed by atoms with Crippen LogP contribution >= 0.6 is 0 Å². The third kappa shape index (κ3) is 8.49. The van der Waals surface area contributed by atoms with Crippen LogP contribution in [0.2, 0.25) is 0 Å². The summed E-state index contributed by atoms with van der Waals surface area (Å²) >= 11 is 0. The van der Waals surface area contributed by atoms with Crippen LogP contribution < -0.4 is 11.1 Å². The van der Waals surface area contributed by atoms with Crippen LogP contribution in [-0.4, -0.2) is 23.6 Å². The first-order valence-corrected chi connectivity index (χ1v) is 6.83. The molecule has 0 aliphatic rings. The number of nitrogens with two attached hydrogens (primary N) is 1. The van der Waals surface area contributed by atoms with E-state index in [0.29, 0.717) is 6.54 Å². The van der Waals surface area contributed by atoms with Crippen LogP contribution in [0.3, 0.4) is 0 Å². The fourth-order valence-electron chi connectivity index (χ4n) is 1.33. The van der Waals surface area contributed by atoms with Crippen molar-refractivity contribution in [2.75, 3.05) is 7.05 Å². The van der Waals surface area contributed by atoms with Crippen LogP contribution in [0, 0.1) is 0 Å². The largest absolute Gasteiger partial charge is 0.346 e. The summed E-state index contributed by atoms with van der Waals surface area (Å²) in [5.41, 5.74) is 6.27. The van der Waals surface area contributed by atoms with Crippen LogP contribution in [0.15, 0.2) is 58.9 Å². The van der Waals surface area contributed by atoms with Gasteiger partial charge in [0.2, 0.25) is 0 Å². The molecule has 114 valence electrons. The average molecular weight is 287 g/mol. The van der Waals surface area contributed by atoms with E-state index < -0.39 is 0 Å². The van der Waals surface area contributed by atoms with Gasteiger partial charge in [-0.15, -0.1) is 0 Å². The molecular weight excluding hydrogens is 262 g/mol. The molecule has 0 unspecified atom stereocenters. The van der Waals surface area contributed by atoms with Gasteiger partial charge in [-0.3, -0.25) is 15.0 Å². The Morgan fingerprint density at radius 2 is 2.05 bits per heavy atom. The first-order valence-electron chi connectivity index (χ1n) is 6.83. The van der Waals surface area contributed by atoms with Crippen molar-refractivity contribution in [2.24, 2.45) is 15.7 Å². The standard InChI is InChI=1S/C15H20N4.CH5N/c1-4-9-16-13(3)15(18-10-5-2)19-12-14-8-6-7-11-17-14;1-2/h4-11H,12H2,1-3H3,(H,18,19);2H2,1H3/b9-4-,10-5-,16-13?;. The third-order valence-electron chi connectivity index (χ3n) is 2.27. The molecule has 0 radical (unpaired) electrons. The molecule has 0 bridgehead atoms. The fourth-order valence-corrected chi connectivity index (χ4v) is 1.33. The van der Waals surface area contributed by atoms with Crippen LogP contribution in [-0.2, 0) is 6.54 Å². The maximum Gasteiger partial charge on any atom is 0.147 e. The van der Waals surface area contributed by atoms with Crippen molar-refractivity contribution in [3.63, 3.8) is 0 Å². The highest BCUT2D eigenvalue weighted by Gasteiger charge is 2.01. The third-order valence-corrected chi connectivity index (χ3v) is 2.27. The number of aliphatic imine (C=N–C) groups is 2. The molecule has 0 fully saturated rings. The fraction of sp³-hybridized carbons (Fsp3) is 0.312. The lowest BCUT2D eigenvalue weighted by Crippen LogP contribution is -2.25. The zero-order chi connectivity index (χ0) is 15.9. The van der Waals surface area contributed by atoms with E-state index in [1.807, 2.05) is 57.3 Å². The predicted molar refractivity (Wildman–Crippen MR) is 91.4 cm³/mol. The number of rotatable bonds is 5. The molecule has 0 aromatic carbocycles. The van der Waals surface area contributed by atoms with Gasteiger partial charge in [0.1, 0.15) is 5.84 Å². The minimum absolute atomic E-state index is 0.531. The average Bonchev–Trinajstić information content (AvgIpc) is 2.55. The topological polar surface area (TPSA) is 75.7 Å². The van der Waals surface area contributed by atoms with Crippen LogP contribution in [0.4, 0.5) is 0 Å². The van der Waals surface area contributed by atoms with E-state index in [2.05, 4.69) is 26.0 Å². The van der Waals surface area contributed by atoms with Crippen molar-refractivity contribution in [1.29, 1.82) is 0 Å². The normalized spacial score (nSPS) is 12.4. The Balaban J connectivity index is 0.00000191.